The topological polar surface area (TPSA) is 49.9 Å². The number of carbonyl (C=O) groups excluding carboxylic acids is 2. The summed E-state index contributed by atoms with van der Waals surface area (Å²) in [6.07, 6.45) is -0.0755. The van der Waals surface area contributed by atoms with Gasteiger partial charge in [-0.15, -0.1) is 0 Å². The van der Waals surface area contributed by atoms with Gasteiger partial charge in [0, 0.05) is 19.8 Å². The molecule has 0 aliphatic carbocycles. The van der Waals surface area contributed by atoms with Crippen molar-refractivity contribution in [1.29, 1.82) is 0 Å². The molecule has 0 N–H and O–H groups in total. The van der Waals surface area contributed by atoms with E-state index in [1.807, 2.05) is 61.5 Å². The van der Waals surface area contributed by atoms with E-state index >= 15 is 0 Å². The summed E-state index contributed by atoms with van der Waals surface area (Å²) in [4.78, 5) is 28.9. The highest BCUT2D eigenvalue weighted by Gasteiger charge is 2.42. The normalized spacial score (nSPS) is 16.3. The predicted molar refractivity (Wildman–Crippen MR) is 107 cm³/mol. The molecule has 1 unspecified atom stereocenters. The van der Waals surface area contributed by atoms with Crippen LogP contribution in [-0.4, -0.2) is 31.7 Å². The van der Waals surface area contributed by atoms with Crippen molar-refractivity contribution in [3.8, 4) is 0 Å². The van der Waals surface area contributed by atoms with Crippen LogP contribution in [0.1, 0.15) is 37.8 Å². The summed E-state index contributed by atoms with van der Waals surface area (Å²) in [6, 6.07) is 15.6. The first kappa shape index (κ1) is 19.0. The van der Waals surface area contributed by atoms with Gasteiger partial charge in [0.15, 0.2) is 0 Å². The smallest absolute Gasteiger partial charge is 0.421 e. The molecule has 5 nitrogen and oxygen atoms in total. The Morgan fingerprint density at radius 3 is 2.30 bits per heavy atom. The lowest BCUT2D eigenvalue weighted by Crippen LogP contribution is -2.39. The van der Waals surface area contributed by atoms with Gasteiger partial charge in [-0.1, -0.05) is 30.3 Å². The number of para-hydroxylation sites is 1. The second kappa shape index (κ2) is 7.06. The molecule has 1 atom stereocenters. The zero-order valence-electron chi connectivity index (χ0n) is 16.5. The van der Waals surface area contributed by atoms with E-state index in [1.165, 1.54) is 4.90 Å². The number of fused-ring (bicyclic) bond motifs is 1. The van der Waals surface area contributed by atoms with Crippen LogP contribution in [0.5, 0.6) is 0 Å². The van der Waals surface area contributed by atoms with Crippen molar-refractivity contribution >= 4 is 23.4 Å². The highest BCUT2D eigenvalue weighted by atomic mass is 16.6. The summed E-state index contributed by atoms with van der Waals surface area (Å²) < 4.78 is 5.45. The van der Waals surface area contributed by atoms with Gasteiger partial charge in [-0.05, 0) is 56.5 Å². The second-order valence-corrected chi connectivity index (χ2v) is 8.03. The van der Waals surface area contributed by atoms with Crippen LogP contribution >= 0.6 is 0 Å². The molecule has 142 valence electrons. The van der Waals surface area contributed by atoms with E-state index in [2.05, 4.69) is 0 Å². The van der Waals surface area contributed by atoms with Gasteiger partial charge in [0.1, 0.15) is 5.60 Å². The van der Waals surface area contributed by atoms with Crippen LogP contribution in [0, 0.1) is 0 Å². The fraction of sp³-hybridized carbons (Fsp3) is 0.364. The van der Waals surface area contributed by atoms with Crippen LogP contribution in [-0.2, 0) is 16.0 Å². The zero-order valence-corrected chi connectivity index (χ0v) is 16.5. The van der Waals surface area contributed by atoms with E-state index in [-0.39, 0.29) is 11.8 Å². The minimum Gasteiger partial charge on any atom is -0.443 e. The van der Waals surface area contributed by atoms with Crippen LogP contribution in [0.3, 0.4) is 0 Å². The first-order valence-electron chi connectivity index (χ1n) is 9.09. The van der Waals surface area contributed by atoms with E-state index in [0.29, 0.717) is 12.1 Å². The molecule has 5 heteroatoms. The molecular weight excluding hydrogens is 340 g/mol. The third-order valence-corrected chi connectivity index (χ3v) is 4.54. The lowest BCUT2D eigenvalue weighted by Gasteiger charge is -2.24. The van der Waals surface area contributed by atoms with Crippen LogP contribution in [0.2, 0.25) is 0 Å². The van der Waals surface area contributed by atoms with Crippen molar-refractivity contribution < 1.29 is 14.3 Å². The van der Waals surface area contributed by atoms with Crippen molar-refractivity contribution in [3.63, 3.8) is 0 Å². The Balaban J connectivity index is 1.88. The molecule has 1 aliphatic rings. The Morgan fingerprint density at radius 2 is 1.70 bits per heavy atom. The van der Waals surface area contributed by atoms with Crippen LogP contribution < -0.4 is 9.80 Å². The van der Waals surface area contributed by atoms with Gasteiger partial charge in [-0.2, -0.15) is 0 Å². The van der Waals surface area contributed by atoms with E-state index in [9.17, 15) is 9.59 Å². The zero-order chi connectivity index (χ0) is 19.8. The van der Waals surface area contributed by atoms with Crippen LogP contribution in [0.15, 0.2) is 48.5 Å². The maximum atomic E-state index is 13.1. The number of benzene rings is 2. The van der Waals surface area contributed by atoms with Gasteiger partial charge in [0.2, 0.25) is 5.91 Å². The van der Waals surface area contributed by atoms with Crippen molar-refractivity contribution in [2.45, 2.75) is 38.7 Å². The molecule has 1 heterocycles. The molecular formula is C22H26N2O3. The van der Waals surface area contributed by atoms with Gasteiger partial charge in [0.25, 0.3) is 0 Å². The number of rotatable bonds is 3. The van der Waals surface area contributed by atoms with Gasteiger partial charge < -0.3 is 9.64 Å². The van der Waals surface area contributed by atoms with E-state index in [4.69, 9.17) is 4.74 Å². The molecule has 1 aliphatic heterocycles. The van der Waals surface area contributed by atoms with Crippen molar-refractivity contribution in [2.24, 2.45) is 0 Å². The maximum absolute atomic E-state index is 13.1. The van der Waals surface area contributed by atoms with Gasteiger partial charge in [-0.3, -0.25) is 4.79 Å². The minimum atomic E-state index is -0.660. The lowest BCUT2D eigenvalue weighted by molar-refractivity contribution is -0.119. The summed E-state index contributed by atoms with van der Waals surface area (Å²) in [7, 11) is 3.98. The van der Waals surface area contributed by atoms with Gasteiger partial charge in [-0.25, -0.2) is 9.69 Å². The number of imide groups is 1. The molecule has 2 aromatic carbocycles. The average molecular weight is 366 g/mol. The molecule has 0 saturated carbocycles. The maximum Gasteiger partial charge on any atom is 0.421 e. The number of amides is 2. The summed E-state index contributed by atoms with van der Waals surface area (Å²) >= 11 is 0. The Kier molecular flexibility index (Phi) is 4.96. The Labute approximate surface area is 160 Å². The van der Waals surface area contributed by atoms with Crippen molar-refractivity contribution in [1.82, 2.24) is 0 Å². The number of hydrogen-bond acceptors (Lipinski definition) is 4. The first-order valence-corrected chi connectivity index (χ1v) is 9.09. The molecule has 0 radical (unpaired) electrons. The molecule has 0 saturated heterocycles. The van der Waals surface area contributed by atoms with Crippen LogP contribution in [0.25, 0.3) is 0 Å². The van der Waals surface area contributed by atoms with E-state index in [0.717, 1.165) is 16.8 Å². The molecule has 0 bridgehead atoms. The average Bonchev–Trinajstić information content (AvgIpc) is 2.86. The van der Waals surface area contributed by atoms with E-state index in [1.54, 1.807) is 26.8 Å². The molecule has 0 spiro atoms. The lowest BCUT2D eigenvalue weighted by atomic mass is 9.93. The van der Waals surface area contributed by atoms with E-state index < -0.39 is 11.7 Å². The predicted octanol–water partition coefficient (Wildman–Crippen LogP) is 4.36. The molecule has 0 fully saturated rings. The summed E-state index contributed by atoms with van der Waals surface area (Å²) in [5, 5.41) is 0. The second-order valence-electron chi connectivity index (χ2n) is 8.03. The highest BCUT2D eigenvalue weighted by molar-refractivity contribution is 6.19. The van der Waals surface area contributed by atoms with Gasteiger partial charge in [0.05, 0.1) is 11.6 Å². The molecule has 2 amide bonds. The van der Waals surface area contributed by atoms with Crippen LogP contribution in [0.4, 0.5) is 16.2 Å². The fourth-order valence-electron chi connectivity index (χ4n) is 3.25. The number of anilines is 2. The fourth-order valence-corrected chi connectivity index (χ4v) is 3.25. The summed E-state index contributed by atoms with van der Waals surface area (Å²) in [5.41, 5.74) is 2.98. The summed E-state index contributed by atoms with van der Waals surface area (Å²) in [6.45, 7) is 5.38. The largest absolute Gasteiger partial charge is 0.443 e. The van der Waals surface area contributed by atoms with Gasteiger partial charge >= 0.3 is 6.09 Å². The monoisotopic (exact) mass is 366 g/mol. The minimum absolute atomic E-state index is 0.234. The number of carbonyl (C=O) groups is 2. The molecule has 3 rings (SSSR count). The Bertz CT molecular complexity index is 851. The standard InChI is InChI=1S/C22H26N2O3/c1-22(2,3)27-21(26)24-19-9-7-6-8-17(19)18(20(24)25)14-15-10-12-16(13-11-15)23(4)5/h6-13,18H,14H2,1-5H3. The molecule has 0 aromatic heterocycles. The third-order valence-electron chi connectivity index (χ3n) is 4.54. The number of ether oxygens (including phenoxy) is 1. The van der Waals surface area contributed by atoms with Crippen molar-refractivity contribution in [2.75, 3.05) is 23.9 Å². The molecule has 27 heavy (non-hydrogen) atoms. The Hall–Kier alpha value is -2.82. The van der Waals surface area contributed by atoms with Crippen molar-refractivity contribution in [3.05, 3.63) is 59.7 Å². The molecule has 2 aromatic rings. The first-order chi connectivity index (χ1) is 12.7. The summed E-state index contributed by atoms with van der Waals surface area (Å²) in [5.74, 6) is -0.624. The number of hydrogen-bond donors (Lipinski definition) is 0. The SMILES string of the molecule is CN(C)c1ccc(CC2C(=O)N(C(=O)OC(C)(C)C)c3ccccc32)cc1. The highest BCUT2D eigenvalue weighted by Crippen LogP contribution is 2.40. The quantitative estimate of drug-likeness (QED) is 0.810. The number of nitrogens with zero attached hydrogens (tertiary/aromatic N) is 2. The third kappa shape index (κ3) is 3.97. The Morgan fingerprint density at radius 1 is 1.07 bits per heavy atom.